The molecule has 0 atom stereocenters. The lowest BCUT2D eigenvalue weighted by Gasteiger charge is -2.09. The summed E-state index contributed by atoms with van der Waals surface area (Å²) in [5.41, 5.74) is 8.05. The normalized spacial score (nSPS) is 11.3. The maximum atomic E-state index is 12.7. The molecule has 3 rings (SSSR count). The van der Waals surface area contributed by atoms with Crippen LogP contribution in [0.2, 0.25) is 0 Å². The SMILES string of the molecule is CCCNc1nccc(-c2cn(C(C)C)nc2-c2cnc(N)c(OC(F)F)c2)n1. The Bertz CT molecular complexity index is 975. The molecule has 0 amide bonds. The second-order valence-electron chi connectivity index (χ2n) is 6.64. The first-order valence-corrected chi connectivity index (χ1v) is 9.26. The van der Waals surface area contributed by atoms with Crippen LogP contribution in [0.25, 0.3) is 22.5 Å². The first-order valence-electron chi connectivity index (χ1n) is 9.26. The summed E-state index contributed by atoms with van der Waals surface area (Å²) in [5.74, 6) is 0.187. The summed E-state index contributed by atoms with van der Waals surface area (Å²) in [4.78, 5) is 12.8. The third-order valence-corrected chi connectivity index (χ3v) is 4.10. The van der Waals surface area contributed by atoms with E-state index in [-0.39, 0.29) is 17.6 Å². The van der Waals surface area contributed by atoms with Crippen LogP contribution in [0.4, 0.5) is 20.5 Å². The van der Waals surface area contributed by atoms with Gasteiger partial charge in [-0.1, -0.05) is 6.92 Å². The lowest BCUT2D eigenvalue weighted by Crippen LogP contribution is -2.06. The molecule has 10 heteroatoms. The Morgan fingerprint density at radius 1 is 1.28 bits per heavy atom. The minimum absolute atomic E-state index is 0.0838. The van der Waals surface area contributed by atoms with Crippen molar-refractivity contribution < 1.29 is 13.5 Å². The van der Waals surface area contributed by atoms with E-state index in [1.807, 2.05) is 20.0 Å². The summed E-state index contributed by atoms with van der Waals surface area (Å²) >= 11 is 0. The van der Waals surface area contributed by atoms with Crippen LogP contribution >= 0.6 is 0 Å². The Kier molecular flexibility index (Phi) is 6.20. The Labute approximate surface area is 167 Å². The highest BCUT2D eigenvalue weighted by Crippen LogP contribution is 2.34. The van der Waals surface area contributed by atoms with Crippen molar-refractivity contribution in [2.24, 2.45) is 0 Å². The van der Waals surface area contributed by atoms with E-state index < -0.39 is 6.61 Å². The largest absolute Gasteiger partial charge is 0.431 e. The number of aromatic nitrogens is 5. The molecular weight excluding hydrogens is 380 g/mol. The number of pyridine rings is 1. The highest BCUT2D eigenvalue weighted by atomic mass is 19.3. The van der Waals surface area contributed by atoms with Crippen LogP contribution in [0.1, 0.15) is 33.2 Å². The van der Waals surface area contributed by atoms with Crippen LogP contribution in [0.15, 0.2) is 30.7 Å². The molecule has 0 unspecified atom stereocenters. The van der Waals surface area contributed by atoms with Gasteiger partial charge in [-0.05, 0) is 32.4 Å². The van der Waals surface area contributed by atoms with Crippen LogP contribution in [-0.4, -0.2) is 37.9 Å². The number of hydrogen-bond acceptors (Lipinski definition) is 7. The molecule has 3 aromatic heterocycles. The van der Waals surface area contributed by atoms with Gasteiger partial charge in [0.05, 0.1) is 5.69 Å². The number of nitrogens with zero attached hydrogens (tertiary/aromatic N) is 5. The van der Waals surface area contributed by atoms with E-state index in [9.17, 15) is 8.78 Å². The zero-order valence-corrected chi connectivity index (χ0v) is 16.4. The van der Waals surface area contributed by atoms with E-state index in [0.717, 1.165) is 18.5 Å². The summed E-state index contributed by atoms with van der Waals surface area (Å²) < 4.78 is 31.6. The molecule has 3 heterocycles. The number of rotatable bonds is 8. The lowest BCUT2D eigenvalue weighted by molar-refractivity contribution is -0.0494. The molecule has 0 fully saturated rings. The molecule has 0 radical (unpaired) electrons. The molecule has 0 spiro atoms. The number of nitrogens with one attached hydrogen (secondary N) is 1. The molecule has 3 aromatic rings. The Balaban J connectivity index is 2.09. The second kappa shape index (κ2) is 8.80. The molecule has 0 aliphatic carbocycles. The fourth-order valence-electron chi connectivity index (χ4n) is 2.66. The van der Waals surface area contributed by atoms with Gasteiger partial charge in [0.1, 0.15) is 5.69 Å². The van der Waals surface area contributed by atoms with E-state index >= 15 is 0 Å². The van der Waals surface area contributed by atoms with Gasteiger partial charge in [0, 0.05) is 42.3 Å². The van der Waals surface area contributed by atoms with Gasteiger partial charge in [-0.25, -0.2) is 15.0 Å². The third-order valence-electron chi connectivity index (χ3n) is 4.10. The number of alkyl halides is 2. The Hall–Kier alpha value is -3.30. The molecule has 0 saturated carbocycles. The highest BCUT2D eigenvalue weighted by molar-refractivity contribution is 5.79. The minimum Gasteiger partial charge on any atom is -0.431 e. The zero-order valence-electron chi connectivity index (χ0n) is 16.4. The summed E-state index contributed by atoms with van der Waals surface area (Å²) in [6.45, 7) is 3.77. The number of nitrogens with two attached hydrogens (primary N) is 1. The van der Waals surface area contributed by atoms with Crippen LogP contribution in [0, 0.1) is 0 Å². The number of hydrogen-bond donors (Lipinski definition) is 2. The number of ether oxygens (including phenoxy) is 1. The van der Waals surface area contributed by atoms with Crippen molar-refractivity contribution in [3.05, 3.63) is 30.7 Å². The molecule has 0 saturated heterocycles. The first kappa shape index (κ1) is 20.4. The standard InChI is InChI=1S/C19H23F2N7O/c1-4-6-23-19-24-7-5-14(26-19)13-10-28(11(2)3)27-16(13)12-8-15(29-18(20)21)17(22)25-9-12/h5,7-11,18H,4,6H2,1-3H3,(H2,22,25)(H,23,24,26). The molecule has 3 N–H and O–H groups in total. The maximum absolute atomic E-state index is 12.7. The van der Waals surface area contributed by atoms with Crippen molar-refractivity contribution in [2.45, 2.75) is 39.8 Å². The minimum atomic E-state index is -3.00. The van der Waals surface area contributed by atoms with Crippen molar-refractivity contribution in [1.82, 2.24) is 24.7 Å². The predicted molar refractivity (Wildman–Crippen MR) is 107 cm³/mol. The molecule has 0 aromatic carbocycles. The monoisotopic (exact) mass is 403 g/mol. The summed E-state index contributed by atoms with van der Waals surface area (Å²) in [6, 6.07) is 3.26. The van der Waals surface area contributed by atoms with Crippen molar-refractivity contribution in [1.29, 1.82) is 0 Å². The van der Waals surface area contributed by atoms with Crippen molar-refractivity contribution in [3.8, 4) is 28.3 Å². The van der Waals surface area contributed by atoms with E-state index in [0.29, 0.717) is 22.9 Å². The van der Waals surface area contributed by atoms with Gasteiger partial charge < -0.3 is 15.8 Å². The molecule has 29 heavy (non-hydrogen) atoms. The van der Waals surface area contributed by atoms with Gasteiger partial charge in [-0.15, -0.1) is 0 Å². The summed E-state index contributed by atoms with van der Waals surface area (Å²) in [5, 5.41) is 7.76. The van der Waals surface area contributed by atoms with Crippen LogP contribution in [0.3, 0.4) is 0 Å². The van der Waals surface area contributed by atoms with Gasteiger partial charge in [-0.2, -0.15) is 13.9 Å². The number of nitrogen functional groups attached to an aromatic ring is 1. The summed E-state index contributed by atoms with van der Waals surface area (Å²) in [7, 11) is 0. The van der Waals surface area contributed by atoms with E-state index in [2.05, 4.69) is 37.0 Å². The van der Waals surface area contributed by atoms with Crippen LogP contribution < -0.4 is 15.8 Å². The van der Waals surface area contributed by atoms with Gasteiger partial charge in [0.15, 0.2) is 11.6 Å². The maximum Gasteiger partial charge on any atom is 0.387 e. The molecule has 154 valence electrons. The molecule has 0 aliphatic rings. The number of anilines is 2. The second-order valence-corrected chi connectivity index (χ2v) is 6.64. The van der Waals surface area contributed by atoms with E-state index in [4.69, 9.17) is 5.73 Å². The topological polar surface area (TPSA) is 104 Å². The van der Waals surface area contributed by atoms with Crippen molar-refractivity contribution >= 4 is 11.8 Å². The Morgan fingerprint density at radius 2 is 2.07 bits per heavy atom. The molecule has 8 nitrogen and oxygen atoms in total. The average Bonchev–Trinajstić information content (AvgIpc) is 3.14. The van der Waals surface area contributed by atoms with Gasteiger partial charge >= 0.3 is 6.61 Å². The van der Waals surface area contributed by atoms with E-state index in [1.54, 1.807) is 16.9 Å². The number of halogens is 2. The highest BCUT2D eigenvalue weighted by Gasteiger charge is 2.19. The van der Waals surface area contributed by atoms with E-state index in [1.165, 1.54) is 12.3 Å². The fourth-order valence-corrected chi connectivity index (χ4v) is 2.66. The van der Waals surface area contributed by atoms with Crippen molar-refractivity contribution in [2.75, 3.05) is 17.6 Å². The average molecular weight is 403 g/mol. The Morgan fingerprint density at radius 3 is 2.76 bits per heavy atom. The quantitative estimate of drug-likeness (QED) is 0.586. The molecular formula is C19H23F2N7O. The van der Waals surface area contributed by atoms with Gasteiger partial charge in [-0.3, -0.25) is 4.68 Å². The van der Waals surface area contributed by atoms with Crippen LogP contribution in [-0.2, 0) is 0 Å². The summed E-state index contributed by atoms with van der Waals surface area (Å²) in [6.07, 6.45) is 5.93. The van der Waals surface area contributed by atoms with Gasteiger partial charge in [0.25, 0.3) is 0 Å². The van der Waals surface area contributed by atoms with Crippen LogP contribution in [0.5, 0.6) is 5.75 Å². The predicted octanol–water partition coefficient (Wildman–Crippen LogP) is 3.99. The molecule has 0 bridgehead atoms. The van der Waals surface area contributed by atoms with Gasteiger partial charge in [0.2, 0.25) is 5.95 Å². The molecule has 0 aliphatic heterocycles. The fraction of sp³-hybridized carbons (Fsp3) is 0.368. The third kappa shape index (κ3) is 4.76. The zero-order chi connectivity index (χ0) is 21.0. The van der Waals surface area contributed by atoms with Crippen molar-refractivity contribution in [3.63, 3.8) is 0 Å². The lowest BCUT2D eigenvalue weighted by atomic mass is 10.1. The smallest absolute Gasteiger partial charge is 0.387 e. The first-order chi connectivity index (χ1) is 13.9.